The molecule has 1 saturated heterocycles. The van der Waals surface area contributed by atoms with Crippen molar-refractivity contribution < 1.29 is 4.79 Å². The van der Waals surface area contributed by atoms with Gasteiger partial charge in [0.25, 0.3) is 0 Å². The van der Waals surface area contributed by atoms with Crippen molar-refractivity contribution in [3.63, 3.8) is 0 Å². The summed E-state index contributed by atoms with van der Waals surface area (Å²) in [5.74, 6) is 0.997. The average Bonchev–Trinajstić information content (AvgIpc) is 3.34. The number of hydrogen-bond donors (Lipinski definition) is 2. The maximum atomic E-state index is 12.1. The van der Waals surface area contributed by atoms with Gasteiger partial charge < -0.3 is 15.5 Å². The van der Waals surface area contributed by atoms with Gasteiger partial charge in [0.1, 0.15) is 10.8 Å². The van der Waals surface area contributed by atoms with Crippen molar-refractivity contribution in [1.82, 2.24) is 20.6 Å². The summed E-state index contributed by atoms with van der Waals surface area (Å²) >= 11 is 1.60. The summed E-state index contributed by atoms with van der Waals surface area (Å²) in [5.41, 5.74) is 2.03. The molecule has 0 spiro atoms. The summed E-state index contributed by atoms with van der Waals surface area (Å²) in [6.45, 7) is 3.04. The molecule has 4 rings (SSSR count). The molecule has 2 aromatic heterocycles. The van der Waals surface area contributed by atoms with Gasteiger partial charge in [-0.2, -0.15) is 0 Å². The summed E-state index contributed by atoms with van der Waals surface area (Å²) in [6.07, 6.45) is 4.25. The Hall–Kier alpha value is -2.67. The summed E-state index contributed by atoms with van der Waals surface area (Å²) in [7, 11) is 0. The second kappa shape index (κ2) is 7.70. The lowest BCUT2D eigenvalue weighted by Gasteiger charge is -2.17. The van der Waals surface area contributed by atoms with Crippen LogP contribution in [0.2, 0.25) is 0 Å². The molecule has 0 unspecified atom stereocenters. The molecule has 2 N–H and O–H groups in total. The SMILES string of the molecule is O=C(NCc1ccnc(N2CCCC2)c1)NCc1nc2ccccc2s1. The number of para-hydroxylation sites is 1. The van der Waals surface area contributed by atoms with E-state index >= 15 is 0 Å². The molecule has 7 heteroatoms. The van der Waals surface area contributed by atoms with Crippen molar-refractivity contribution in [2.24, 2.45) is 0 Å². The topological polar surface area (TPSA) is 70.2 Å². The van der Waals surface area contributed by atoms with E-state index in [0.717, 1.165) is 39.7 Å². The maximum absolute atomic E-state index is 12.1. The number of nitrogens with zero attached hydrogens (tertiary/aromatic N) is 3. The van der Waals surface area contributed by atoms with Gasteiger partial charge in [-0.05, 0) is 42.7 Å². The Morgan fingerprint density at radius 1 is 1.12 bits per heavy atom. The average molecular weight is 367 g/mol. The van der Waals surface area contributed by atoms with Crippen LogP contribution < -0.4 is 15.5 Å². The molecule has 3 heterocycles. The minimum absolute atomic E-state index is 0.191. The highest BCUT2D eigenvalue weighted by Gasteiger charge is 2.13. The molecule has 134 valence electrons. The van der Waals surface area contributed by atoms with Gasteiger partial charge in [-0.25, -0.2) is 14.8 Å². The number of rotatable bonds is 5. The lowest BCUT2D eigenvalue weighted by molar-refractivity contribution is 0.240. The molecule has 0 saturated carbocycles. The normalized spacial score (nSPS) is 13.9. The molecular weight excluding hydrogens is 346 g/mol. The molecule has 26 heavy (non-hydrogen) atoms. The fourth-order valence-electron chi connectivity index (χ4n) is 3.09. The molecule has 1 fully saturated rings. The fourth-order valence-corrected chi connectivity index (χ4v) is 3.99. The number of carbonyl (C=O) groups is 1. The Bertz CT molecular complexity index is 871. The third-order valence-electron chi connectivity index (χ3n) is 4.43. The highest BCUT2D eigenvalue weighted by atomic mass is 32.1. The molecule has 1 aliphatic rings. The maximum Gasteiger partial charge on any atom is 0.315 e. The van der Waals surface area contributed by atoms with Gasteiger partial charge in [-0.1, -0.05) is 12.1 Å². The third kappa shape index (κ3) is 3.94. The minimum atomic E-state index is -0.191. The van der Waals surface area contributed by atoms with E-state index in [1.165, 1.54) is 12.8 Å². The van der Waals surface area contributed by atoms with E-state index in [4.69, 9.17) is 0 Å². The predicted molar refractivity (Wildman–Crippen MR) is 104 cm³/mol. The monoisotopic (exact) mass is 367 g/mol. The number of thiazole rings is 1. The quantitative estimate of drug-likeness (QED) is 0.726. The standard InChI is InChI=1S/C19H21N5OS/c25-19(22-13-18-23-15-5-1-2-6-16(15)26-18)21-12-14-7-8-20-17(11-14)24-9-3-4-10-24/h1-2,5-8,11H,3-4,9-10,12-13H2,(H2,21,22,25). The number of hydrogen-bond acceptors (Lipinski definition) is 5. The van der Waals surface area contributed by atoms with Crippen molar-refractivity contribution in [1.29, 1.82) is 0 Å². The number of aromatic nitrogens is 2. The lowest BCUT2D eigenvalue weighted by atomic mass is 10.2. The minimum Gasteiger partial charge on any atom is -0.357 e. The van der Waals surface area contributed by atoms with Crippen LogP contribution in [0.25, 0.3) is 10.2 Å². The molecule has 0 aliphatic carbocycles. The first-order valence-electron chi connectivity index (χ1n) is 8.84. The number of benzene rings is 1. The van der Waals surface area contributed by atoms with Gasteiger partial charge in [0.2, 0.25) is 0 Å². The summed E-state index contributed by atoms with van der Waals surface area (Å²) < 4.78 is 1.14. The summed E-state index contributed by atoms with van der Waals surface area (Å²) in [5, 5.41) is 6.68. The van der Waals surface area contributed by atoms with E-state index in [-0.39, 0.29) is 6.03 Å². The molecule has 0 radical (unpaired) electrons. The van der Waals surface area contributed by atoms with E-state index < -0.39 is 0 Å². The summed E-state index contributed by atoms with van der Waals surface area (Å²) in [4.78, 5) is 23.3. The van der Waals surface area contributed by atoms with Gasteiger partial charge in [0, 0.05) is 25.8 Å². The third-order valence-corrected chi connectivity index (χ3v) is 5.47. The number of anilines is 1. The summed E-state index contributed by atoms with van der Waals surface area (Å²) in [6, 6.07) is 11.8. The molecule has 1 aliphatic heterocycles. The van der Waals surface area contributed by atoms with E-state index in [1.807, 2.05) is 36.5 Å². The van der Waals surface area contributed by atoms with Crippen LogP contribution >= 0.6 is 11.3 Å². The van der Waals surface area contributed by atoms with Crippen LogP contribution in [-0.2, 0) is 13.1 Å². The number of carbonyl (C=O) groups excluding carboxylic acids is 1. The second-order valence-corrected chi connectivity index (χ2v) is 7.44. The van der Waals surface area contributed by atoms with Gasteiger partial charge in [-0.3, -0.25) is 0 Å². The van der Waals surface area contributed by atoms with Gasteiger partial charge in [0.15, 0.2) is 0 Å². The molecule has 2 amide bonds. The molecule has 0 bridgehead atoms. The van der Waals surface area contributed by atoms with Crippen LogP contribution in [0.1, 0.15) is 23.4 Å². The van der Waals surface area contributed by atoms with Crippen molar-refractivity contribution in [3.05, 3.63) is 53.2 Å². The number of amides is 2. The van der Waals surface area contributed by atoms with E-state index in [2.05, 4.69) is 31.6 Å². The predicted octanol–water partition coefficient (Wildman–Crippen LogP) is 3.29. The highest BCUT2D eigenvalue weighted by molar-refractivity contribution is 7.18. The van der Waals surface area contributed by atoms with Crippen molar-refractivity contribution in [2.75, 3.05) is 18.0 Å². The zero-order valence-corrected chi connectivity index (χ0v) is 15.3. The number of urea groups is 1. The Labute approximate surface area is 156 Å². The lowest BCUT2D eigenvalue weighted by Crippen LogP contribution is -2.34. The molecule has 6 nitrogen and oxygen atoms in total. The van der Waals surface area contributed by atoms with Gasteiger partial charge >= 0.3 is 6.03 Å². The van der Waals surface area contributed by atoms with E-state index in [0.29, 0.717) is 13.1 Å². The largest absolute Gasteiger partial charge is 0.357 e. The van der Waals surface area contributed by atoms with Gasteiger partial charge in [0.05, 0.1) is 16.8 Å². The smallest absolute Gasteiger partial charge is 0.315 e. The van der Waals surface area contributed by atoms with Crippen molar-refractivity contribution in [3.8, 4) is 0 Å². The molecule has 3 aromatic rings. The first kappa shape index (κ1) is 16.8. The number of nitrogens with one attached hydrogen (secondary N) is 2. The van der Waals surface area contributed by atoms with Crippen LogP contribution in [0.15, 0.2) is 42.6 Å². The zero-order chi connectivity index (χ0) is 17.8. The van der Waals surface area contributed by atoms with Crippen LogP contribution in [-0.4, -0.2) is 29.1 Å². The number of pyridine rings is 1. The van der Waals surface area contributed by atoms with Crippen LogP contribution in [0.3, 0.4) is 0 Å². The van der Waals surface area contributed by atoms with Crippen LogP contribution in [0, 0.1) is 0 Å². The van der Waals surface area contributed by atoms with E-state index in [9.17, 15) is 4.79 Å². The van der Waals surface area contributed by atoms with Crippen molar-refractivity contribution in [2.45, 2.75) is 25.9 Å². The Morgan fingerprint density at radius 3 is 2.77 bits per heavy atom. The second-order valence-electron chi connectivity index (χ2n) is 6.33. The van der Waals surface area contributed by atoms with Gasteiger partial charge in [-0.15, -0.1) is 11.3 Å². The Balaban J connectivity index is 1.29. The zero-order valence-electron chi connectivity index (χ0n) is 14.4. The first-order valence-corrected chi connectivity index (χ1v) is 9.65. The fraction of sp³-hybridized carbons (Fsp3) is 0.316. The first-order chi connectivity index (χ1) is 12.8. The van der Waals surface area contributed by atoms with Crippen LogP contribution in [0.5, 0.6) is 0 Å². The Morgan fingerprint density at radius 2 is 1.92 bits per heavy atom. The van der Waals surface area contributed by atoms with E-state index in [1.54, 1.807) is 11.3 Å². The molecule has 1 aromatic carbocycles. The molecular formula is C19H21N5OS. The van der Waals surface area contributed by atoms with Crippen molar-refractivity contribution >= 4 is 33.4 Å². The van der Waals surface area contributed by atoms with Crippen LogP contribution in [0.4, 0.5) is 10.6 Å². The Kier molecular flexibility index (Phi) is 4.97. The highest BCUT2D eigenvalue weighted by Crippen LogP contribution is 2.21. The number of fused-ring (bicyclic) bond motifs is 1. The molecule has 0 atom stereocenters.